The summed E-state index contributed by atoms with van der Waals surface area (Å²) in [4.78, 5) is 2.72. The zero-order valence-electron chi connectivity index (χ0n) is 8.34. The van der Waals surface area contributed by atoms with Crippen LogP contribution in [0.3, 0.4) is 0 Å². The monoisotopic (exact) mass is 180 g/mol. The second-order valence-corrected chi connectivity index (χ2v) is 5.46. The Morgan fingerprint density at radius 1 is 1.15 bits per heavy atom. The normalized spacial score (nSPS) is 43.2. The highest BCUT2D eigenvalue weighted by atomic mass is 15.2. The lowest BCUT2D eigenvalue weighted by Crippen LogP contribution is -2.53. The zero-order valence-corrected chi connectivity index (χ0v) is 8.34. The van der Waals surface area contributed by atoms with Crippen molar-refractivity contribution in [2.45, 2.75) is 50.6 Å². The molecule has 0 aromatic carbocycles. The minimum Gasteiger partial charge on any atom is -0.328 e. The van der Waals surface area contributed by atoms with Gasteiger partial charge in [-0.05, 0) is 50.5 Å². The van der Waals surface area contributed by atoms with Crippen molar-refractivity contribution in [1.29, 1.82) is 0 Å². The van der Waals surface area contributed by atoms with Gasteiger partial charge in [-0.2, -0.15) is 0 Å². The van der Waals surface area contributed by atoms with E-state index >= 15 is 0 Å². The molecule has 0 radical (unpaired) electrons. The lowest BCUT2D eigenvalue weighted by Gasteiger charge is -2.45. The van der Waals surface area contributed by atoms with E-state index in [1.165, 1.54) is 51.6 Å². The maximum atomic E-state index is 5.83. The molecule has 13 heavy (non-hydrogen) atoms. The van der Waals surface area contributed by atoms with Crippen LogP contribution in [-0.4, -0.2) is 30.1 Å². The molecule has 3 fully saturated rings. The maximum Gasteiger partial charge on any atom is 0.0125 e. The highest BCUT2D eigenvalue weighted by molar-refractivity contribution is 5.01. The van der Waals surface area contributed by atoms with E-state index in [0.29, 0.717) is 6.04 Å². The summed E-state index contributed by atoms with van der Waals surface area (Å²) in [5, 5.41) is 0. The van der Waals surface area contributed by atoms with E-state index in [4.69, 9.17) is 5.73 Å². The van der Waals surface area contributed by atoms with E-state index in [1.54, 1.807) is 0 Å². The molecule has 1 heterocycles. The highest BCUT2D eigenvalue weighted by Crippen LogP contribution is 2.52. The van der Waals surface area contributed by atoms with Crippen molar-refractivity contribution in [3.05, 3.63) is 0 Å². The Kier molecular flexibility index (Phi) is 1.72. The van der Waals surface area contributed by atoms with Gasteiger partial charge in [-0.15, -0.1) is 0 Å². The SMILES string of the molecule is NC1CC(N2CCCC3(CC3)C2)C1. The van der Waals surface area contributed by atoms with Crippen molar-refractivity contribution < 1.29 is 0 Å². The van der Waals surface area contributed by atoms with Crippen LogP contribution in [0.15, 0.2) is 0 Å². The van der Waals surface area contributed by atoms with Gasteiger partial charge >= 0.3 is 0 Å². The van der Waals surface area contributed by atoms with Crippen LogP contribution in [-0.2, 0) is 0 Å². The van der Waals surface area contributed by atoms with E-state index in [-0.39, 0.29) is 0 Å². The third kappa shape index (κ3) is 1.40. The highest BCUT2D eigenvalue weighted by Gasteiger charge is 2.47. The molecule has 1 aliphatic heterocycles. The van der Waals surface area contributed by atoms with E-state index in [9.17, 15) is 0 Å². The third-order valence-electron chi connectivity index (χ3n) is 4.31. The first-order chi connectivity index (χ1) is 6.27. The number of piperidine rings is 1. The minimum absolute atomic E-state index is 0.516. The molecule has 0 unspecified atom stereocenters. The summed E-state index contributed by atoms with van der Waals surface area (Å²) >= 11 is 0. The summed E-state index contributed by atoms with van der Waals surface area (Å²) < 4.78 is 0. The Bertz CT molecular complexity index is 204. The van der Waals surface area contributed by atoms with Gasteiger partial charge in [0.1, 0.15) is 0 Å². The fraction of sp³-hybridized carbons (Fsp3) is 1.00. The van der Waals surface area contributed by atoms with Gasteiger partial charge in [0.2, 0.25) is 0 Å². The van der Waals surface area contributed by atoms with Gasteiger partial charge in [-0.3, -0.25) is 4.90 Å². The van der Waals surface area contributed by atoms with Crippen LogP contribution in [0.25, 0.3) is 0 Å². The summed E-state index contributed by atoms with van der Waals surface area (Å²) in [6.45, 7) is 2.74. The van der Waals surface area contributed by atoms with Gasteiger partial charge < -0.3 is 5.73 Å². The van der Waals surface area contributed by atoms with Crippen LogP contribution < -0.4 is 5.73 Å². The van der Waals surface area contributed by atoms with Crippen LogP contribution in [0.1, 0.15) is 38.5 Å². The average molecular weight is 180 g/mol. The summed E-state index contributed by atoms with van der Waals surface area (Å²) in [5.74, 6) is 0. The molecule has 0 aromatic heterocycles. The summed E-state index contributed by atoms with van der Waals surface area (Å²) in [7, 11) is 0. The van der Waals surface area contributed by atoms with E-state index in [0.717, 1.165) is 11.5 Å². The minimum atomic E-state index is 0.516. The molecule has 2 N–H and O–H groups in total. The molecule has 2 aliphatic carbocycles. The Labute approximate surface area is 80.5 Å². The molecule has 2 heteroatoms. The molecule has 0 amide bonds. The molecule has 0 aromatic rings. The molecule has 2 nitrogen and oxygen atoms in total. The first kappa shape index (κ1) is 8.25. The molecular formula is C11H20N2. The van der Waals surface area contributed by atoms with Crippen LogP contribution in [0.5, 0.6) is 0 Å². The molecule has 1 spiro atoms. The number of rotatable bonds is 1. The van der Waals surface area contributed by atoms with Gasteiger partial charge in [0, 0.05) is 18.6 Å². The van der Waals surface area contributed by atoms with Crippen LogP contribution in [0.2, 0.25) is 0 Å². The molecule has 3 aliphatic rings. The van der Waals surface area contributed by atoms with Crippen molar-refractivity contribution in [2.24, 2.45) is 11.1 Å². The molecule has 3 rings (SSSR count). The molecule has 2 saturated carbocycles. The fourth-order valence-corrected chi connectivity index (χ4v) is 3.07. The van der Waals surface area contributed by atoms with Gasteiger partial charge in [0.15, 0.2) is 0 Å². The Hall–Kier alpha value is -0.0800. The van der Waals surface area contributed by atoms with Crippen molar-refractivity contribution in [2.75, 3.05) is 13.1 Å². The predicted molar refractivity (Wildman–Crippen MR) is 53.5 cm³/mol. The largest absolute Gasteiger partial charge is 0.328 e. The Morgan fingerprint density at radius 2 is 1.92 bits per heavy atom. The van der Waals surface area contributed by atoms with Crippen LogP contribution >= 0.6 is 0 Å². The smallest absolute Gasteiger partial charge is 0.0125 e. The average Bonchev–Trinajstić information content (AvgIpc) is 2.80. The Morgan fingerprint density at radius 3 is 2.54 bits per heavy atom. The van der Waals surface area contributed by atoms with E-state index in [1.807, 2.05) is 0 Å². The molecule has 1 saturated heterocycles. The van der Waals surface area contributed by atoms with Gasteiger partial charge in [0.25, 0.3) is 0 Å². The standard InChI is InChI=1S/C11H20N2/c12-9-6-10(7-9)13-5-1-2-11(8-13)3-4-11/h9-10H,1-8,12H2. The lowest BCUT2D eigenvalue weighted by atomic mass is 9.83. The number of hydrogen-bond acceptors (Lipinski definition) is 2. The summed E-state index contributed by atoms with van der Waals surface area (Å²) in [5.41, 5.74) is 6.62. The topological polar surface area (TPSA) is 29.3 Å². The molecular weight excluding hydrogens is 160 g/mol. The number of likely N-dealkylation sites (tertiary alicyclic amines) is 1. The lowest BCUT2D eigenvalue weighted by molar-refractivity contribution is 0.0583. The molecule has 0 bridgehead atoms. The second-order valence-electron chi connectivity index (χ2n) is 5.46. The summed E-state index contributed by atoms with van der Waals surface area (Å²) in [6.07, 6.45) is 8.46. The fourth-order valence-electron chi connectivity index (χ4n) is 3.07. The van der Waals surface area contributed by atoms with E-state index in [2.05, 4.69) is 4.90 Å². The zero-order chi connectivity index (χ0) is 8.89. The van der Waals surface area contributed by atoms with Gasteiger partial charge in [-0.25, -0.2) is 0 Å². The number of nitrogens with zero attached hydrogens (tertiary/aromatic N) is 1. The van der Waals surface area contributed by atoms with Crippen molar-refractivity contribution >= 4 is 0 Å². The van der Waals surface area contributed by atoms with Crippen LogP contribution in [0, 0.1) is 5.41 Å². The van der Waals surface area contributed by atoms with E-state index < -0.39 is 0 Å². The van der Waals surface area contributed by atoms with Crippen LogP contribution in [0.4, 0.5) is 0 Å². The first-order valence-corrected chi connectivity index (χ1v) is 5.77. The van der Waals surface area contributed by atoms with Crippen molar-refractivity contribution in [3.63, 3.8) is 0 Å². The molecule has 74 valence electrons. The van der Waals surface area contributed by atoms with Crippen molar-refractivity contribution in [3.8, 4) is 0 Å². The third-order valence-corrected chi connectivity index (χ3v) is 4.31. The van der Waals surface area contributed by atoms with Crippen molar-refractivity contribution in [1.82, 2.24) is 4.90 Å². The Balaban J connectivity index is 1.59. The number of hydrogen-bond donors (Lipinski definition) is 1. The van der Waals surface area contributed by atoms with Gasteiger partial charge in [-0.1, -0.05) is 0 Å². The predicted octanol–water partition coefficient (Wildman–Crippen LogP) is 1.35. The second kappa shape index (κ2) is 2.71. The quantitative estimate of drug-likeness (QED) is 0.660. The maximum absolute atomic E-state index is 5.83. The van der Waals surface area contributed by atoms with Gasteiger partial charge in [0.05, 0.1) is 0 Å². The molecule has 0 atom stereocenters. The summed E-state index contributed by atoms with van der Waals surface area (Å²) in [6, 6.07) is 1.37. The number of nitrogens with two attached hydrogens (primary N) is 1. The first-order valence-electron chi connectivity index (χ1n) is 5.77.